The number of aryl methyl sites for hydroxylation is 2. The summed E-state index contributed by atoms with van der Waals surface area (Å²) < 4.78 is 30.3. The molecule has 0 amide bonds. The van der Waals surface area contributed by atoms with Crippen LogP contribution < -0.4 is 0 Å². The third kappa shape index (κ3) is 2.24. The van der Waals surface area contributed by atoms with Gasteiger partial charge in [-0.1, -0.05) is 30.3 Å². The molecule has 2 aromatic heterocycles. The Morgan fingerprint density at radius 1 is 1.09 bits per heavy atom. The quantitative estimate of drug-likeness (QED) is 0.681. The predicted molar refractivity (Wildman–Crippen MR) is 90.6 cm³/mol. The minimum atomic E-state index is -3.66. The van der Waals surface area contributed by atoms with Crippen molar-refractivity contribution in [3.8, 4) is 10.4 Å². The Kier molecular flexibility index (Phi) is 3.04. The summed E-state index contributed by atoms with van der Waals surface area (Å²) in [6, 6.07) is 13.3. The fourth-order valence-corrected chi connectivity index (χ4v) is 5.34. The molecule has 0 aliphatic carbocycles. The van der Waals surface area contributed by atoms with Gasteiger partial charge in [0.1, 0.15) is 4.90 Å². The van der Waals surface area contributed by atoms with Gasteiger partial charge in [0.2, 0.25) is 0 Å². The van der Waals surface area contributed by atoms with E-state index in [0.717, 1.165) is 21.8 Å². The van der Waals surface area contributed by atoms with Crippen LogP contribution in [0.1, 0.15) is 16.3 Å². The maximum atomic E-state index is 12.4. The molecule has 5 nitrogen and oxygen atoms in total. The van der Waals surface area contributed by atoms with Crippen molar-refractivity contribution >= 4 is 27.2 Å². The first-order valence-electron chi connectivity index (χ1n) is 7.04. The van der Waals surface area contributed by atoms with E-state index in [0.29, 0.717) is 10.7 Å². The molecule has 7 heteroatoms. The second-order valence-corrected chi connectivity index (χ2v) is 8.02. The van der Waals surface area contributed by atoms with Crippen molar-refractivity contribution < 1.29 is 8.42 Å². The molecule has 0 N–H and O–H groups in total. The number of benzene rings is 1. The van der Waals surface area contributed by atoms with E-state index in [2.05, 4.69) is 9.50 Å². The van der Waals surface area contributed by atoms with Gasteiger partial charge in [-0.15, -0.1) is 15.7 Å². The molecule has 1 aliphatic rings. The highest BCUT2D eigenvalue weighted by molar-refractivity contribution is 7.91. The number of sulfonamides is 1. The zero-order chi connectivity index (χ0) is 16.2. The van der Waals surface area contributed by atoms with Gasteiger partial charge in [-0.25, -0.2) is 4.68 Å². The van der Waals surface area contributed by atoms with E-state index in [1.807, 2.05) is 50.2 Å². The summed E-state index contributed by atoms with van der Waals surface area (Å²) in [7, 11) is -3.66. The van der Waals surface area contributed by atoms with Gasteiger partial charge in [-0.3, -0.25) is 0 Å². The molecule has 3 aromatic rings. The molecular weight excluding hydrogens is 330 g/mol. The zero-order valence-electron chi connectivity index (χ0n) is 12.5. The first-order chi connectivity index (χ1) is 11.0. The Balaban J connectivity index is 1.92. The topological polar surface area (TPSA) is 64.3 Å². The molecule has 0 atom stereocenters. The molecule has 0 spiro atoms. The number of hydrogen-bond donors (Lipinski definition) is 0. The van der Waals surface area contributed by atoms with Crippen LogP contribution in [0.15, 0.2) is 51.8 Å². The molecule has 4 rings (SSSR count). The third-order valence-electron chi connectivity index (χ3n) is 3.65. The maximum absolute atomic E-state index is 12.4. The van der Waals surface area contributed by atoms with Crippen molar-refractivity contribution in [3.63, 3.8) is 0 Å². The van der Waals surface area contributed by atoms with Gasteiger partial charge in [0.15, 0.2) is 5.84 Å². The van der Waals surface area contributed by atoms with Gasteiger partial charge in [-0.2, -0.15) is 13.5 Å². The van der Waals surface area contributed by atoms with E-state index in [1.165, 1.54) is 11.3 Å². The Morgan fingerprint density at radius 3 is 2.48 bits per heavy atom. The van der Waals surface area contributed by atoms with Crippen LogP contribution in [0.4, 0.5) is 0 Å². The fraction of sp³-hybridized carbons (Fsp3) is 0.125. The average molecular weight is 343 g/mol. The number of rotatable bonds is 1. The van der Waals surface area contributed by atoms with Crippen LogP contribution in [0.5, 0.6) is 0 Å². The lowest BCUT2D eigenvalue weighted by atomic mass is 10.2. The largest absolute Gasteiger partial charge is 0.285 e. The molecule has 0 fully saturated rings. The lowest BCUT2D eigenvalue weighted by molar-refractivity contribution is 0.599. The van der Waals surface area contributed by atoms with Crippen molar-refractivity contribution in [1.82, 2.24) is 9.78 Å². The zero-order valence-corrected chi connectivity index (χ0v) is 14.1. The van der Waals surface area contributed by atoms with Gasteiger partial charge in [0.25, 0.3) is 10.0 Å². The minimum absolute atomic E-state index is 0.268. The fourth-order valence-electron chi connectivity index (χ4n) is 2.65. The van der Waals surface area contributed by atoms with Gasteiger partial charge < -0.3 is 0 Å². The van der Waals surface area contributed by atoms with Crippen molar-refractivity contribution in [3.05, 3.63) is 58.7 Å². The molecule has 1 aromatic carbocycles. The van der Waals surface area contributed by atoms with Crippen LogP contribution in [0.3, 0.4) is 0 Å². The summed E-state index contributed by atoms with van der Waals surface area (Å²) in [5.41, 5.74) is 2.68. The molecular formula is C16H13N3O2S2. The van der Waals surface area contributed by atoms with Crippen LogP contribution in [-0.2, 0) is 10.0 Å². The smallest absolute Gasteiger partial charge is 0.217 e. The number of aromatic nitrogens is 2. The number of fused-ring (bicyclic) bond motifs is 1. The Hall–Kier alpha value is -2.25. The summed E-state index contributed by atoms with van der Waals surface area (Å²) in [5, 5.41) is 4.37. The SMILES string of the molecule is Cc1cc(C)n(C2=NS(=O)(=O)c3cc(-c4ccccc4)sc32)n1. The van der Waals surface area contributed by atoms with Crippen LogP contribution >= 0.6 is 11.3 Å². The first-order valence-corrected chi connectivity index (χ1v) is 9.29. The van der Waals surface area contributed by atoms with E-state index >= 15 is 0 Å². The van der Waals surface area contributed by atoms with E-state index in [9.17, 15) is 8.42 Å². The predicted octanol–water partition coefficient (Wildman–Crippen LogP) is 3.23. The third-order valence-corrected chi connectivity index (χ3v) is 6.25. The summed E-state index contributed by atoms with van der Waals surface area (Å²) in [6.45, 7) is 3.76. The monoisotopic (exact) mass is 343 g/mol. The van der Waals surface area contributed by atoms with E-state index in [1.54, 1.807) is 10.7 Å². The second kappa shape index (κ2) is 4.87. The average Bonchev–Trinajstić information content (AvgIpc) is 3.15. The first kappa shape index (κ1) is 14.3. The Morgan fingerprint density at radius 2 is 1.83 bits per heavy atom. The van der Waals surface area contributed by atoms with Crippen molar-refractivity contribution in [2.75, 3.05) is 0 Å². The summed E-state index contributed by atoms with van der Waals surface area (Å²) in [6.07, 6.45) is 0. The van der Waals surface area contributed by atoms with E-state index in [-0.39, 0.29) is 4.90 Å². The number of hydrogen-bond acceptors (Lipinski definition) is 4. The van der Waals surface area contributed by atoms with Gasteiger partial charge >= 0.3 is 0 Å². The number of thiophene rings is 1. The van der Waals surface area contributed by atoms with Crippen molar-refractivity contribution in [2.24, 2.45) is 4.40 Å². The van der Waals surface area contributed by atoms with E-state index in [4.69, 9.17) is 0 Å². The normalized spacial score (nSPS) is 15.5. The standard InChI is InChI=1S/C16H13N3O2S2/c1-10-8-11(2)19(17-10)16-15-14(23(20,21)18-16)9-13(22-15)12-6-4-3-5-7-12/h3-9H,1-2H3. The molecule has 1 aliphatic heterocycles. The lowest BCUT2D eigenvalue weighted by Crippen LogP contribution is -2.13. The number of nitrogens with zero attached hydrogens (tertiary/aromatic N) is 3. The molecule has 0 saturated carbocycles. The molecule has 0 radical (unpaired) electrons. The van der Waals surface area contributed by atoms with Gasteiger partial charge in [0.05, 0.1) is 10.6 Å². The highest BCUT2D eigenvalue weighted by atomic mass is 32.2. The summed E-state index contributed by atoms with van der Waals surface area (Å²) in [4.78, 5) is 1.83. The molecule has 116 valence electrons. The van der Waals surface area contributed by atoms with E-state index < -0.39 is 10.0 Å². The maximum Gasteiger partial charge on any atom is 0.285 e. The Labute approximate surface area is 138 Å². The van der Waals surface area contributed by atoms with Crippen molar-refractivity contribution in [1.29, 1.82) is 0 Å². The van der Waals surface area contributed by atoms with Gasteiger partial charge in [-0.05, 0) is 31.5 Å². The summed E-state index contributed by atoms with van der Waals surface area (Å²) in [5.74, 6) is 0.387. The second-order valence-electron chi connectivity index (χ2n) is 5.40. The lowest BCUT2D eigenvalue weighted by Gasteiger charge is -2.02. The Bertz CT molecular complexity index is 1040. The van der Waals surface area contributed by atoms with Crippen LogP contribution in [0, 0.1) is 13.8 Å². The van der Waals surface area contributed by atoms with Crippen LogP contribution in [0.25, 0.3) is 10.4 Å². The minimum Gasteiger partial charge on any atom is -0.217 e. The molecule has 0 unspecified atom stereocenters. The highest BCUT2D eigenvalue weighted by Gasteiger charge is 2.34. The summed E-state index contributed by atoms with van der Waals surface area (Å²) >= 11 is 1.43. The van der Waals surface area contributed by atoms with Crippen LogP contribution in [-0.4, -0.2) is 24.0 Å². The molecule has 0 saturated heterocycles. The van der Waals surface area contributed by atoms with Crippen LogP contribution in [0.2, 0.25) is 0 Å². The van der Waals surface area contributed by atoms with Crippen molar-refractivity contribution in [2.45, 2.75) is 18.7 Å². The molecule has 0 bridgehead atoms. The van der Waals surface area contributed by atoms with Gasteiger partial charge in [0, 0.05) is 10.6 Å². The molecule has 3 heterocycles. The molecule has 23 heavy (non-hydrogen) atoms. The highest BCUT2D eigenvalue weighted by Crippen LogP contribution is 2.39.